The monoisotopic (exact) mass is 242 g/mol. The maximum atomic E-state index is 5.73. The number of nitrogens with zero attached hydrogens (tertiary/aromatic N) is 1. The molecule has 0 aromatic carbocycles. The van der Waals surface area contributed by atoms with E-state index in [2.05, 4.69) is 24.2 Å². The molecule has 4 heteroatoms. The summed E-state index contributed by atoms with van der Waals surface area (Å²) in [4.78, 5) is 2.34. The summed E-state index contributed by atoms with van der Waals surface area (Å²) in [6.07, 6.45) is 3.17. The fourth-order valence-corrected chi connectivity index (χ4v) is 2.80. The van der Waals surface area contributed by atoms with Gasteiger partial charge in [-0.3, -0.25) is 0 Å². The summed E-state index contributed by atoms with van der Waals surface area (Å²) in [7, 11) is 2.16. The minimum Gasteiger partial charge on any atom is -0.378 e. The Balaban J connectivity index is 1.62. The summed E-state index contributed by atoms with van der Waals surface area (Å²) < 4.78 is 11.4. The largest absolute Gasteiger partial charge is 0.378 e. The van der Waals surface area contributed by atoms with Crippen molar-refractivity contribution in [1.29, 1.82) is 0 Å². The molecule has 3 unspecified atom stereocenters. The highest BCUT2D eigenvalue weighted by molar-refractivity contribution is 4.78. The Morgan fingerprint density at radius 3 is 2.88 bits per heavy atom. The zero-order chi connectivity index (χ0) is 12.1. The predicted octanol–water partition coefficient (Wildman–Crippen LogP) is 0.722. The van der Waals surface area contributed by atoms with Crippen LogP contribution >= 0.6 is 0 Å². The first kappa shape index (κ1) is 13.3. The molecular weight excluding hydrogens is 216 g/mol. The number of hydrogen-bond acceptors (Lipinski definition) is 4. The van der Waals surface area contributed by atoms with Crippen LogP contribution in [0.3, 0.4) is 0 Å². The first-order chi connectivity index (χ1) is 8.29. The van der Waals surface area contributed by atoms with Gasteiger partial charge in [-0.2, -0.15) is 0 Å². The maximum Gasteiger partial charge on any atom is 0.0826 e. The molecule has 2 fully saturated rings. The first-order valence-electron chi connectivity index (χ1n) is 6.92. The highest BCUT2D eigenvalue weighted by Crippen LogP contribution is 2.22. The average molecular weight is 242 g/mol. The third-order valence-electron chi connectivity index (χ3n) is 3.87. The van der Waals surface area contributed by atoms with E-state index in [1.807, 2.05) is 0 Å². The summed E-state index contributed by atoms with van der Waals surface area (Å²) in [5.74, 6) is 0.696. The zero-order valence-electron chi connectivity index (χ0n) is 11.2. The fraction of sp³-hybridized carbons (Fsp3) is 1.00. The smallest absolute Gasteiger partial charge is 0.0826 e. The normalized spacial score (nSPS) is 35.3. The molecule has 17 heavy (non-hydrogen) atoms. The molecule has 3 atom stereocenters. The van der Waals surface area contributed by atoms with E-state index in [-0.39, 0.29) is 0 Å². The lowest BCUT2D eigenvalue weighted by atomic mass is 10.00. The molecular formula is C13H26N2O2. The van der Waals surface area contributed by atoms with Crippen molar-refractivity contribution >= 4 is 0 Å². The number of ether oxygens (including phenoxy) is 2. The van der Waals surface area contributed by atoms with Crippen LogP contribution in [0.4, 0.5) is 0 Å². The Morgan fingerprint density at radius 2 is 2.12 bits per heavy atom. The minimum absolute atomic E-state index is 0.358. The van der Waals surface area contributed by atoms with Gasteiger partial charge in [0.15, 0.2) is 0 Å². The zero-order valence-corrected chi connectivity index (χ0v) is 11.2. The number of likely N-dealkylation sites (N-methyl/N-ethyl adjacent to an activating group) is 1. The molecule has 2 aliphatic heterocycles. The van der Waals surface area contributed by atoms with Crippen molar-refractivity contribution in [3.8, 4) is 0 Å². The van der Waals surface area contributed by atoms with Crippen LogP contribution in [0.2, 0.25) is 0 Å². The SMILES string of the molecule is CCC1OCCC1CNCC1CN(C)CCO1. The molecule has 0 aliphatic carbocycles. The van der Waals surface area contributed by atoms with Crippen molar-refractivity contribution in [2.24, 2.45) is 5.92 Å². The molecule has 0 spiro atoms. The van der Waals surface area contributed by atoms with Gasteiger partial charge in [-0.05, 0) is 25.8 Å². The Kier molecular flexibility index (Phi) is 5.22. The Bertz CT molecular complexity index is 225. The first-order valence-corrected chi connectivity index (χ1v) is 6.92. The van der Waals surface area contributed by atoms with E-state index in [0.717, 1.165) is 45.8 Å². The molecule has 0 radical (unpaired) electrons. The Labute approximate surface area is 105 Å². The molecule has 0 amide bonds. The van der Waals surface area contributed by atoms with E-state index < -0.39 is 0 Å². The second-order valence-corrected chi connectivity index (χ2v) is 5.28. The van der Waals surface area contributed by atoms with Crippen LogP contribution in [0.5, 0.6) is 0 Å². The van der Waals surface area contributed by atoms with Crippen LogP contribution < -0.4 is 5.32 Å². The van der Waals surface area contributed by atoms with Crippen LogP contribution in [0.1, 0.15) is 19.8 Å². The van der Waals surface area contributed by atoms with Crippen LogP contribution in [0.15, 0.2) is 0 Å². The van der Waals surface area contributed by atoms with E-state index >= 15 is 0 Å². The van der Waals surface area contributed by atoms with Crippen molar-refractivity contribution < 1.29 is 9.47 Å². The van der Waals surface area contributed by atoms with Crippen LogP contribution in [0.25, 0.3) is 0 Å². The van der Waals surface area contributed by atoms with E-state index in [1.165, 1.54) is 6.42 Å². The van der Waals surface area contributed by atoms with E-state index in [0.29, 0.717) is 18.1 Å². The lowest BCUT2D eigenvalue weighted by Gasteiger charge is -2.30. The van der Waals surface area contributed by atoms with Gasteiger partial charge in [0.1, 0.15) is 0 Å². The van der Waals surface area contributed by atoms with Crippen molar-refractivity contribution in [3.05, 3.63) is 0 Å². The fourth-order valence-electron chi connectivity index (χ4n) is 2.80. The topological polar surface area (TPSA) is 33.7 Å². The molecule has 0 aromatic heterocycles. The van der Waals surface area contributed by atoms with Gasteiger partial charge < -0.3 is 19.7 Å². The molecule has 0 aromatic rings. The summed E-state index contributed by atoms with van der Waals surface area (Å²) in [5, 5.41) is 3.55. The van der Waals surface area contributed by atoms with Crippen molar-refractivity contribution in [1.82, 2.24) is 10.2 Å². The second kappa shape index (κ2) is 6.69. The third-order valence-corrected chi connectivity index (χ3v) is 3.87. The van der Waals surface area contributed by atoms with Crippen molar-refractivity contribution in [2.75, 3.05) is 46.4 Å². The molecule has 2 heterocycles. The number of nitrogens with one attached hydrogen (secondary N) is 1. The third kappa shape index (κ3) is 3.91. The molecule has 2 saturated heterocycles. The van der Waals surface area contributed by atoms with E-state index in [1.54, 1.807) is 0 Å². The van der Waals surface area contributed by atoms with Crippen molar-refractivity contribution in [2.45, 2.75) is 32.0 Å². The van der Waals surface area contributed by atoms with Crippen LogP contribution in [-0.4, -0.2) is 63.5 Å². The highest BCUT2D eigenvalue weighted by atomic mass is 16.5. The average Bonchev–Trinajstić information content (AvgIpc) is 2.77. The van der Waals surface area contributed by atoms with E-state index in [4.69, 9.17) is 9.47 Å². The van der Waals surface area contributed by atoms with Gasteiger partial charge >= 0.3 is 0 Å². The lowest BCUT2D eigenvalue weighted by molar-refractivity contribution is -0.0188. The molecule has 2 rings (SSSR count). The number of morpholine rings is 1. The van der Waals surface area contributed by atoms with Crippen LogP contribution in [0, 0.1) is 5.92 Å². The summed E-state index contributed by atoms with van der Waals surface area (Å²) in [6, 6.07) is 0. The van der Waals surface area contributed by atoms with Gasteiger partial charge in [0.2, 0.25) is 0 Å². The molecule has 2 aliphatic rings. The van der Waals surface area contributed by atoms with Gasteiger partial charge in [-0.15, -0.1) is 0 Å². The van der Waals surface area contributed by atoms with Gasteiger partial charge in [-0.1, -0.05) is 6.92 Å². The Morgan fingerprint density at radius 1 is 1.24 bits per heavy atom. The van der Waals surface area contributed by atoms with E-state index in [9.17, 15) is 0 Å². The summed E-state index contributed by atoms with van der Waals surface area (Å²) in [5.41, 5.74) is 0. The predicted molar refractivity (Wildman–Crippen MR) is 68.2 cm³/mol. The number of rotatable bonds is 5. The highest BCUT2D eigenvalue weighted by Gasteiger charge is 2.26. The quantitative estimate of drug-likeness (QED) is 0.770. The van der Waals surface area contributed by atoms with Gasteiger partial charge in [-0.25, -0.2) is 0 Å². The van der Waals surface area contributed by atoms with Gasteiger partial charge in [0, 0.05) is 32.8 Å². The number of hydrogen-bond donors (Lipinski definition) is 1. The summed E-state index contributed by atoms with van der Waals surface area (Å²) >= 11 is 0. The second-order valence-electron chi connectivity index (χ2n) is 5.28. The maximum absolute atomic E-state index is 5.73. The lowest BCUT2D eigenvalue weighted by Crippen LogP contribution is -2.45. The van der Waals surface area contributed by atoms with Crippen molar-refractivity contribution in [3.63, 3.8) is 0 Å². The van der Waals surface area contributed by atoms with Crippen LogP contribution in [-0.2, 0) is 9.47 Å². The standard InChI is InChI=1S/C13H26N2O2/c1-3-13-11(4-6-17-13)8-14-9-12-10-15(2)5-7-16-12/h11-14H,3-10H2,1-2H3. The van der Waals surface area contributed by atoms with Gasteiger partial charge in [0.25, 0.3) is 0 Å². The molecule has 100 valence electrons. The molecule has 1 N–H and O–H groups in total. The van der Waals surface area contributed by atoms with Gasteiger partial charge in [0.05, 0.1) is 18.8 Å². The minimum atomic E-state index is 0.358. The molecule has 0 bridgehead atoms. The summed E-state index contributed by atoms with van der Waals surface area (Å²) in [6.45, 7) is 8.16. The molecule has 4 nitrogen and oxygen atoms in total. The Hall–Kier alpha value is -0.160. The molecule has 0 saturated carbocycles.